The van der Waals surface area contributed by atoms with Crippen LogP contribution in [0.4, 0.5) is 5.82 Å². The van der Waals surface area contributed by atoms with Crippen molar-refractivity contribution in [3.05, 3.63) is 53.7 Å². The lowest BCUT2D eigenvalue weighted by Crippen LogP contribution is -2.23. The topological polar surface area (TPSA) is 63.2 Å². The van der Waals surface area contributed by atoms with Gasteiger partial charge in [0.1, 0.15) is 11.6 Å². The molecule has 0 aliphatic carbocycles. The predicted octanol–water partition coefficient (Wildman–Crippen LogP) is 3.48. The van der Waals surface area contributed by atoms with Gasteiger partial charge < -0.3 is 15.4 Å². The van der Waals surface area contributed by atoms with Gasteiger partial charge >= 0.3 is 0 Å². The molecule has 0 radical (unpaired) electrons. The van der Waals surface area contributed by atoms with Gasteiger partial charge in [-0.1, -0.05) is 32.0 Å². The van der Waals surface area contributed by atoms with Crippen LogP contribution in [-0.4, -0.2) is 24.5 Å². The Hall–Kier alpha value is -2.56. The standard InChI is InChI=1S/C19H25N3O2/c1-14(2)8-10-20-18-12-15(9-11-21-18)19(23)22-13-16-6-4-5-7-17(16)24-3/h4-7,9,11-12,14H,8,10,13H2,1-3H3,(H,20,21)(H,22,23). The molecule has 1 aromatic carbocycles. The Kier molecular flexibility index (Phi) is 6.61. The maximum atomic E-state index is 12.3. The van der Waals surface area contributed by atoms with Crippen molar-refractivity contribution < 1.29 is 9.53 Å². The number of pyridine rings is 1. The van der Waals surface area contributed by atoms with Gasteiger partial charge in [-0.2, -0.15) is 0 Å². The first-order valence-corrected chi connectivity index (χ1v) is 8.20. The second-order valence-corrected chi connectivity index (χ2v) is 6.03. The molecule has 24 heavy (non-hydrogen) atoms. The number of carbonyl (C=O) groups excluding carboxylic acids is 1. The molecule has 5 heteroatoms. The third kappa shape index (κ3) is 5.26. The number of nitrogens with one attached hydrogen (secondary N) is 2. The lowest BCUT2D eigenvalue weighted by molar-refractivity contribution is 0.0950. The predicted molar refractivity (Wildman–Crippen MR) is 96.3 cm³/mol. The smallest absolute Gasteiger partial charge is 0.251 e. The van der Waals surface area contributed by atoms with Crippen LogP contribution in [0.5, 0.6) is 5.75 Å². The van der Waals surface area contributed by atoms with Gasteiger partial charge in [-0.15, -0.1) is 0 Å². The highest BCUT2D eigenvalue weighted by atomic mass is 16.5. The minimum atomic E-state index is -0.129. The van der Waals surface area contributed by atoms with Gasteiger partial charge in [0.25, 0.3) is 5.91 Å². The first kappa shape index (κ1) is 17.8. The Bertz CT molecular complexity index is 671. The van der Waals surface area contributed by atoms with E-state index >= 15 is 0 Å². The molecule has 0 atom stereocenters. The Balaban J connectivity index is 1.94. The number of carbonyl (C=O) groups is 1. The molecule has 0 unspecified atom stereocenters. The lowest BCUT2D eigenvalue weighted by Gasteiger charge is -2.11. The molecule has 1 heterocycles. The number of nitrogens with zero attached hydrogens (tertiary/aromatic N) is 1. The Labute approximate surface area is 143 Å². The van der Waals surface area contributed by atoms with Gasteiger partial charge in [0.05, 0.1) is 7.11 Å². The van der Waals surface area contributed by atoms with Crippen molar-refractivity contribution in [2.45, 2.75) is 26.8 Å². The van der Waals surface area contributed by atoms with Crippen LogP contribution >= 0.6 is 0 Å². The van der Waals surface area contributed by atoms with E-state index < -0.39 is 0 Å². The first-order chi connectivity index (χ1) is 11.6. The average Bonchev–Trinajstić information content (AvgIpc) is 2.60. The summed E-state index contributed by atoms with van der Waals surface area (Å²) >= 11 is 0. The highest BCUT2D eigenvalue weighted by Crippen LogP contribution is 2.17. The highest BCUT2D eigenvalue weighted by Gasteiger charge is 2.08. The molecule has 2 rings (SSSR count). The minimum Gasteiger partial charge on any atom is -0.496 e. The molecular formula is C19H25N3O2. The number of aromatic nitrogens is 1. The number of hydrogen-bond acceptors (Lipinski definition) is 4. The summed E-state index contributed by atoms with van der Waals surface area (Å²) in [4.78, 5) is 16.6. The summed E-state index contributed by atoms with van der Waals surface area (Å²) in [6.45, 7) is 5.62. The Morgan fingerprint density at radius 2 is 2.04 bits per heavy atom. The van der Waals surface area contributed by atoms with Crippen LogP contribution in [0.25, 0.3) is 0 Å². The van der Waals surface area contributed by atoms with Gasteiger partial charge in [-0.25, -0.2) is 4.98 Å². The molecule has 0 fully saturated rings. The van der Waals surface area contributed by atoms with Crippen molar-refractivity contribution in [3.8, 4) is 5.75 Å². The molecule has 0 aliphatic rings. The summed E-state index contributed by atoms with van der Waals surface area (Å²) in [6, 6.07) is 11.1. The fourth-order valence-corrected chi connectivity index (χ4v) is 2.28. The van der Waals surface area contributed by atoms with Crippen molar-refractivity contribution >= 4 is 11.7 Å². The van der Waals surface area contributed by atoms with Crippen molar-refractivity contribution in [3.63, 3.8) is 0 Å². The van der Waals surface area contributed by atoms with Crippen LogP contribution in [0.3, 0.4) is 0 Å². The zero-order valence-electron chi connectivity index (χ0n) is 14.5. The number of hydrogen-bond donors (Lipinski definition) is 2. The number of methoxy groups -OCH3 is 1. The van der Waals surface area contributed by atoms with Crippen LogP contribution in [-0.2, 0) is 6.54 Å². The van der Waals surface area contributed by atoms with Crippen molar-refractivity contribution in [2.75, 3.05) is 19.0 Å². The van der Waals surface area contributed by atoms with Gasteiger partial charge in [0, 0.05) is 30.4 Å². The molecule has 5 nitrogen and oxygen atoms in total. The number of para-hydroxylation sites is 1. The SMILES string of the molecule is COc1ccccc1CNC(=O)c1ccnc(NCCC(C)C)c1. The summed E-state index contributed by atoms with van der Waals surface area (Å²) in [5, 5.41) is 6.17. The van der Waals surface area contributed by atoms with E-state index in [1.165, 1.54) is 0 Å². The molecule has 0 bridgehead atoms. The maximum Gasteiger partial charge on any atom is 0.251 e. The molecule has 0 aliphatic heterocycles. The maximum absolute atomic E-state index is 12.3. The second-order valence-electron chi connectivity index (χ2n) is 6.03. The lowest BCUT2D eigenvalue weighted by atomic mass is 10.1. The number of anilines is 1. The summed E-state index contributed by atoms with van der Waals surface area (Å²) in [7, 11) is 1.62. The van der Waals surface area contributed by atoms with E-state index in [0.29, 0.717) is 18.0 Å². The number of rotatable bonds is 8. The number of amides is 1. The normalized spacial score (nSPS) is 10.5. The van der Waals surface area contributed by atoms with E-state index in [9.17, 15) is 4.79 Å². The van der Waals surface area contributed by atoms with E-state index in [0.717, 1.165) is 30.1 Å². The molecule has 0 spiro atoms. The van der Waals surface area contributed by atoms with Crippen LogP contribution in [0.1, 0.15) is 36.2 Å². The summed E-state index contributed by atoms with van der Waals surface area (Å²) in [6.07, 6.45) is 2.71. The first-order valence-electron chi connectivity index (χ1n) is 8.20. The Morgan fingerprint density at radius 1 is 1.25 bits per heavy atom. The molecule has 2 N–H and O–H groups in total. The summed E-state index contributed by atoms with van der Waals surface area (Å²) < 4.78 is 5.29. The van der Waals surface area contributed by atoms with Gasteiger partial charge in [0.2, 0.25) is 0 Å². The van der Waals surface area contributed by atoms with Gasteiger partial charge in [-0.3, -0.25) is 4.79 Å². The third-order valence-electron chi connectivity index (χ3n) is 3.68. The van der Waals surface area contributed by atoms with Crippen molar-refractivity contribution in [1.29, 1.82) is 0 Å². The fourth-order valence-electron chi connectivity index (χ4n) is 2.28. The van der Waals surface area contributed by atoms with Crippen molar-refractivity contribution in [2.24, 2.45) is 5.92 Å². The average molecular weight is 327 g/mol. The second kappa shape index (κ2) is 8.91. The molecule has 1 aromatic heterocycles. The van der Waals surface area contributed by atoms with Crippen molar-refractivity contribution in [1.82, 2.24) is 10.3 Å². The molecule has 1 amide bonds. The van der Waals surface area contributed by atoms with Crippen LogP contribution in [0.2, 0.25) is 0 Å². The molecule has 128 valence electrons. The fraction of sp³-hybridized carbons (Fsp3) is 0.368. The van der Waals surface area contributed by atoms with Crippen LogP contribution in [0.15, 0.2) is 42.6 Å². The number of benzene rings is 1. The largest absolute Gasteiger partial charge is 0.496 e. The molecular weight excluding hydrogens is 302 g/mol. The highest BCUT2D eigenvalue weighted by molar-refractivity contribution is 5.94. The summed E-state index contributed by atoms with van der Waals surface area (Å²) in [5.41, 5.74) is 1.53. The molecule has 2 aromatic rings. The Morgan fingerprint density at radius 3 is 2.79 bits per heavy atom. The number of ether oxygens (including phenoxy) is 1. The molecule has 0 saturated carbocycles. The van der Waals surface area contributed by atoms with Gasteiger partial charge in [0.15, 0.2) is 0 Å². The summed E-state index contributed by atoms with van der Waals surface area (Å²) in [5.74, 6) is 1.99. The zero-order valence-corrected chi connectivity index (χ0v) is 14.5. The monoisotopic (exact) mass is 327 g/mol. The zero-order chi connectivity index (χ0) is 17.4. The molecule has 0 saturated heterocycles. The van der Waals surface area contributed by atoms with Crippen LogP contribution in [0, 0.1) is 5.92 Å². The van der Waals surface area contributed by atoms with E-state index in [1.54, 1.807) is 25.4 Å². The van der Waals surface area contributed by atoms with E-state index in [4.69, 9.17) is 4.74 Å². The third-order valence-corrected chi connectivity index (χ3v) is 3.68. The van der Waals surface area contributed by atoms with E-state index in [-0.39, 0.29) is 5.91 Å². The van der Waals surface area contributed by atoms with Crippen LogP contribution < -0.4 is 15.4 Å². The quantitative estimate of drug-likeness (QED) is 0.779. The minimum absolute atomic E-state index is 0.129. The van der Waals surface area contributed by atoms with E-state index in [2.05, 4.69) is 29.5 Å². The van der Waals surface area contributed by atoms with Gasteiger partial charge in [-0.05, 0) is 30.5 Å². The van der Waals surface area contributed by atoms with E-state index in [1.807, 2.05) is 24.3 Å².